The van der Waals surface area contributed by atoms with Gasteiger partial charge in [-0.05, 0) is 42.8 Å². The molecule has 5 atom stereocenters. The molecule has 0 aromatic carbocycles. The molecule has 100 valence electrons. The summed E-state index contributed by atoms with van der Waals surface area (Å²) in [4.78, 5) is 0. The topological polar surface area (TPSA) is 22.9 Å². The fraction of sp³-hybridized carbons (Fsp3) is 1.00. The molecule has 1 nitrogen and oxygen atoms in total. The quantitative estimate of drug-likeness (QED) is 0.692. The lowest BCUT2D eigenvalue weighted by molar-refractivity contribution is 0.123. The van der Waals surface area contributed by atoms with Gasteiger partial charge in [0.2, 0.25) is 0 Å². The summed E-state index contributed by atoms with van der Waals surface area (Å²) in [5.74, 6) is 5.88. The highest BCUT2D eigenvalue weighted by atomic mass is 32.2. The highest BCUT2D eigenvalue weighted by Crippen LogP contribution is 2.37. The van der Waals surface area contributed by atoms with Crippen LogP contribution in [0.15, 0.2) is 0 Å². The molecule has 0 spiro atoms. The lowest BCUT2D eigenvalue weighted by atomic mass is 9.77. The van der Waals surface area contributed by atoms with Crippen LogP contribution in [0, 0.1) is 23.7 Å². The van der Waals surface area contributed by atoms with Crippen LogP contribution in [-0.2, 0) is 0 Å². The van der Waals surface area contributed by atoms with Crippen molar-refractivity contribution in [1.82, 2.24) is 0 Å². The maximum absolute atomic E-state index is 8.04. The van der Waals surface area contributed by atoms with Gasteiger partial charge in [-0.15, -0.1) is 0 Å². The van der Waals surface area contributed by atoms with E-state index in [1.54, 1.807) is 0 Å². The minimum absolute atomic E-state index is 0.190. The zero-order valence-electron chi connectivity index (χ0n) is 11.5. The van der Waals surface area contributed by atoms with E-state index in [0.717, 1.165) is 23.5 Å². The Morgan fingerprint density at radius 1 is 1.06 bits per heavy atom. The largest absolute Gasteiger partial charge is 0.442 e. The molecule has 1 saturated carbocycles. The van der Waals surface area contributed by atoms with Gasteiger partial charge in [-0.3, -0.25) is 0 Å². The predicted molar refractivity (Wildman–Crippen MR) is 77.7 cm³/mol. The van der Waals surface area contributed by atoms with E-state index >= 15 is 0 Å². The number of hydrogen-bond acceptors (Lipinski definition) is 1. The molecule has 2 heteroatoms. The molecule has 17 heavy (non-hydrogen) atoms. The molecule has 0 radical (unpaired) electrons. The van der Waals surface area contributed by atoms with Crippen molar-refractivity contribution >= 4 is 11.8 Å². The Morgan fingerprint density at radius 3 is 2.65 bits per heavy atom. The summed E-state index contributed by atoms with van der Waals surface area (Å²) >= 11 is 2.04. The Balaban J connectivity index is 1.81. The van der Waals surface area contributed by atoms with Crippen molar-refractivity contribution < 1.29 is 5.11 Å². The van der Waals surface area contributed by atoms with E-state index in [-0.39, 0.29) is 6.10 Å². The summed E-state index contributed by atoms with van der Waals surface area (Å²) in [6.45, 7) is 4.72. The van der Waals surface area contributed by atoms with Gasteiger partial charge < -0.3 is 5.11 Å². The maximum Gasteiger partial charge on any atom is 0.165 e. The Kier molecular flexibility index (Phi) is 5.23. The van der Waals surface area contributed by atoms with Gasteiger partial charge in [0, 0.05) is 5.92 Å². The smallest absolute Gasteiger partial charge is 0.165 e. The lowest BCUT2D eigenvalue weighted by Gasteiger charge is -2.30. The van der Waals surface area contributed by atoms with E-state index in [1.807, 2.05) is 11.8 Å². The van der Waals surface area contributed by atoms with Crippen LogP contribution in [0.3, 0.4) is 0 Å². The summed E-state index contributed by atoms with van der Waals surface area (Å²) in [5.41, 5.74) is 0. The van der Waals surface area contributed by atoms with Gasteiger partial charge in [-0.25, -0.2) is 0 Å². The summed E-state index contributed by atoms with van der Waals surface area (Å²) in [6.07, 6.45) is 8.82. The lowest BCUT2D eigenvalue weighted by Crippen LogP contribution is -2.22. The zero-order valence-corrected chi connectivity index (χ0v) is 12.3. The predicted octanol–water partition coefficient (Wildman–Crippen LogP) is 3.69. The van der Waals surface area contributed by atoms with Crippen LogP contribution < -0.4 is 0 Å². The van der Waals surface area contributed by atoms with Gasteiger partial charge >= 0.3 is 0 Å². The Bertz CT molecular complexity index is 231. The Hall–Kier alpha value is 0.310. The molecule has 1 saturated heterocycles. The van der Waals surface area contributed by atoms with E-state index in [4.69, 9.17) is 5.11 Å². The van der Waals surface area contributed by atoms with Crippen LogP contribution in [0.25, 0.3) is 0 Å². The average molecular weight is 257 g/mol. The molecule has 2 fully saturated rings. The first-order valence-corrected chi connectivity index (χ1v) is 8.59. The fourth-order valence-corrected chi connectivity index (χ4v) is 5.02. The van der Waals surface area contributed by atoms with Crippen LogP contribution >= 0.6 is 11.8 Å². The van der Waals surface area contributed by atoms with Crippen LogP contribution in [0.2, 0.25) is 0 Å². The Labute approximate surface area is 111 Å². The van der Waals surface area contributed by atoms with E-state index in [1.165, 1.54) is 44.3 Å². The van der Waals surface area contributed by atoms with Crippen molar-refractivity contribution in [1.29, 1.82) is 0 Å². The molecule has 2 N–H and O–H groups in total. The van der Waals surface area contributed by atoms with Crippen molar-refractivity contribution in [2.45, 2.75) is 58.5 Å². The third-order valence-corrected chi connectivity index (χ3v) is 6.06. The van der Waals surface area contributed by atoms with Gasteiger partial charge in [0.15, 0.2) is 6.10 Å². The van der Waals surface area contributed by atoms with Crippen molar-refractivity contribution in [3.8, 4) is 0 Å². The summed E-state index contributed by atoms with van der Waals surface area (Å²) in [7, 11) is 0. The van der Waals surface area contributed by atoms with Crippen molar-refractivity contribution in [3.63, 3.8) is 0 Å². The standard InChI is InChI=1S/C15H28OS/c1-11-4-3-5-13(6-11)8-14-7-12(2)15(16)10-17-9-14/h11-16H,3-10H2,1-2H3/p+1. The van der Waals surface area contributed by atoms with Gasteiger partial charge in [0.25, 0.3) is 0 Å². The van der Waals surface area contributed by atoms with Crippen LogP contribution in [-0.4, -0.2) is 22.7 Å². The molecule has 0 aromatic rings. The first-order valence-electron chi connectivity index (χ1n) is 7.44. The van der Waals surface area contributed by atoms with Gasteiger partial charge in [-0.2, -0.15) is 11.8 Å². The maximum atomic E-state index is 8.04. The molecule has 1 aliphatic heterocycles. The first kappa shape index (κ1) is 13.7. The molecule has 0 bridgehead atoms. The molecule has 1 heterocycles. The van der Waals surface area contributed by atoms with Crippen molar-refractivity contribution in [2.75, 3.05) is 11.5 Å². The third-order valence-electron chi connectivity index (χ3n) is 4.75. The van der Waals surface area contributed by atoms with E-state index < -0.39 is 0 Å². The summed E-state index contributed by atoms with van der Waals surface area (Å²) < 4.78 is 0. The van der Waals surface area contributed by atoms with E-state index in [0.29, 0.717) is 5.92 Å². The average Bonchev–Trinajstić information content (AvgIpc) is 2.42. The first-order chi connectivity index (χ1) is 8.15. The highest BCUT2D eigenvalue weighted by Gasteiger charge is 2.29. The van der Waals surface area contributed by atoms with E-state index in [2.05, 4.69) is 13.8 Å². The summed E-state index contributed by atoms with van der Waals surface area (Å²) in [5, 5.41) is 8.04. The second-order valence-electron chi connectivity index (χ2n) is 6.60. The molecular weight excluding hydrogens is 228 g/mol. The number of hydrogen-bond donors (Lipinski definition) is 0. The molecular formula is C15H29OS+. The second kappa shape index (κ2) is 6.47. The minimum Gasteiger partial charge on any atom is -0.442 e. The number of thioether (sulfide) groups is 1. The monoisotopic (exact) mass is 257 g/mol. The highest BCUT2D eigenvalue weighted by molar-refractivity contribution is 7.99. The Morgan fingerprint density at radius 2 is 1.88 bits per heavy atom. The van der Waals surface area contributed by atoms with Crippen molar-refractivity contribution in [3.05, 3.63) is 0 Å². The molecule has 0 aromatic heterocycles. The third kappa shape index (κ3) is 4.17. The van der Waals surface area contributed by atoms with Crippen molar-refractivity contribution in [2.24, 2.45) is 23.7 Å². The van der Waals surface area contributed by atoms with Gasteiger partial charge in [0.1, 0.15) is 0 Å². The number of rotatable bonds is 2. The zero-order chi connectivity index (χ0) is 12.3. The molecule has 1 aliphatic carbocycles. The molecule has 5 unspecified atom stereocenters. The fourth-order valence-electron chi connectivity index (χ4n) is 3.69. The van der Waals surface area contributed by atoms with Gasteiger partial charge in [-0.1, -0.05) is 33.1 Å². The summed E-state index contributed by atoms with van der Waals surface area (Å²) in [6, 6.07) is 0. The van der Waals surface area contributed by atoms with Crippen LogP contribution in [0.4, 0.5) is 0 Å². The van der Waals surface area contributed by atoms with Crippen LogP contribution in [0.1, 0.15) is 52.4 Å². The van der Waals surface area contributed by atoms with E-state index in [9.17, 15) is 0 Å². The molecule has 0 amide bonds. The minimum atomic E-state index is 0.190. The van der Waals surface area contributed by atoms with Gasteiger partial charge in [0.05, 0.1) is 5.75 Å². The second-order valence-corrected chi connectivity index (χ2v) is 7.67. The molecule has 2 aliphatic rings. The SMILES string of the molecule is CC1CCCC(CC2CSCC([OH2+])C(C)C2)C1. The normalized spacial score (nSPS) is 44.3. The molecule has 2 rings (SSSR count). The van der Waals surface area contributed by atoms with Crippen LogP contribution in [0.5, 0.6) is 0 Å².